The molecular weight excluding hydrogens is 400 g/mol. The second-order valence-corrected chi connectivity index (χ2v) is 7.39. The van der Waals surface area contributed by atoms with Crippen LogP contribution < -0.4 is 10.7 Å². The fourth-order valence-electron chi connectivity index (χ4n) is 3.77. The van der Waals surface area contributed by atoms with Gasteiger partial charge in [0.25, 0.3) is 11.8 Å². The summed E-state index contributed by atoms with van der Waals surface area (Å²) in [5, 5.41) is 12.7. The highest BCUT2D eigenvalue weighted by Crippen LogP contribution is 2.32. The lowest BCUT2D eigenvalue weighted by molar-refractivity contribution is -0.0103. The first-order valence-electron chi connectivity index (χ1n) is 9.35. The maximum absolute atomic E-state index is 13.7. The highest BCUT2D eigenvalue weighted by Gasteiger charge is 2.45. The summed E-state index contributed by atoms with van der Waals surface area (Å²) in [7, 11) is 0. The van der Waals surface area contributed by atoms with E-state index in [1.807, 2.05) is 13.8 Å². The van der Waals surface area contributed by atoms with E-state index in [2.05, 4.69) is 5.32 Å². The molecule has 2 N–H and O–H groups in total. The third-order valence-electron chi connectivity index (χ3n) is 5.55. The van der Waals surface area contributed by atoms with Crippen LogP contribution in [0.3, 0.4) is 0 Å². The van der Waals surface area contributed by atoms with Crippen molar-refractivity contribution in [1.29, 1.82) is 0 Å². The molecule has 8 nitrogen and oxygen atoms in total. The molecule has 0 saturated carbocycles. The molecule has 1 unspecified atom stereocenters. The highest BCUT2D eigenvalue weighted by molar-refractivity contribution is 5.99. The Hall–Kier alpha value is -3.27. The first-order valence-corrected chi connectivity index (χ1v) is 9.35. The van der Waals surface area contributed by atoms with Gasteiger partial charge in [-0.2, -0.15) is 0 Å². The topological polar surface area (TPSA) is 101 Å². The molecule has 0 bridgehead atoms. The van der Waals surface area contributed by atoms with Crippen molar-refractivity contribution >= 4 is 11.8 Å². The Morgan fingerprint density at radius 1 is 1.30 bits per heavy atom. The van der Waals surface area contributed by atoms with Gasteiger partial charge in [0.1, 0.15) is 17.2 Å². The van der Waals surface area contributed by atoms with Gasteiger partial charge in [0.2, 0.25) is 5.43 Å². The van der Waals surface area contributed by atoms with Crippen LogP contribution in [0.15, 0.2) is 29.2 Å². The zero-order valence-electron chi connectivity index (χ0n) is 16.2. The van der Waals surface area contributed by atoms with Gasteiger partial charge in [0.15, 0.2) is 17.7 Å². The molecule has 2 aliphatic rings. The van der Waals surface area contributed by atoms with Gasteiger partial charge in [-0.1, -0.05) is 6.07 Å². The number of rotatable bonds is 3. The van der Waals surface area contributed by atoms with Gasteiger partial charge in [0, 0.05) is 24.4 Å². The number of aromatic nitrogens is 1. The summed E-state index contributed by atoms with van der Waals surface area (Å²) < 4.78 is 33.8. The Morgan fingerprint density at radius 3 is 2.73 bits per heavy atom. The average Bonchev–Trinajstić information content (AvgIpc) is 2.97. The van der Waals surface area contributed by atoms with Crippen LogP contribution in [-0.2, 0) is 17.8 Å². The number of halogens is 2. The summed E-state index contributed by atoms with van der Waals surface area (Å²) in [4.78, 5) is 39.4. The van der Waals surface area contributed by atoms with E-state index in [9.17, 15) is 28.3 Å². The lowest BCUT2D eigenvalue weighted by atomic mass is 10.1. The zero-order chi connectivity index (χ0) is 21.7. The van der Waals surface area contributed by atoms with Crippen LogP contribution in [0.2, 0.25) is 0 Å². The Kier molecular flexibility index (Phi) is 4.81. The van der Waals surface area contributed by atoms with Crippen LogP contribution in [0.1, 0.15) is 40.3 Å². The van der Waals surface area contributed by atoms with Gasteiger partial charge in [-0.25, -0.2) is 8.78 Å². The van der Waals surface area contributed by atoms with Crippen LogP contribution in [0.4, 0.5) is 8.78 Å². The van der Waals surface area contributed by atoms with Crippen molar-refractivity contribution in [3.8, 4) is 5.75 Å². The van der Waals surface area contributed by atoms with Gasteiger partial charge in [-0.3, -0.25) is 14.4 Å². The van der Waals surface area contributed by atoms with Gasteiger partial charge in [-0.15, -0.1) is 0 Å². The first-order chi connectivity index (χ1) is 14.2. The molecule has 1 saturated heterocycles. The standard InChI is InChI=1S/C20H19F2N3O5/c1-9-10(2)30-15-8-24-7-13(17(26)18(27)16(24)20(29)25(9)15)19(28)23-6-11-3-4-12(21)5-14(11)22/h3-5,7,9-10,15,27H,6,8H2,1-2H3,(H,23,28)/t9-,10?,15+/m0/s1. The van der Waals surface area contributed by atoms with Crippen LogP contribution >= 0.6 is 0 Å². The third kappa shape index (κ3) is 3.13. The minimum Gasteiger partial charge on any atom is -0.503 e. The lowest BCUT2D eigenvalue weighted by Crippen LogP contribution is -2.49. The predicted octanol–water partition coefficient (Wildman–Crippen LogP) is 1.35. The van der Waals surface area contributed by atoms with E-state index in [1.54, 1.807) is 0 Å². The summed E-state index contributed by atoms with van der Waals surface area (Å²) in [6.45, 7) is 3.47. The van der Waals surface area contributed by atoms with Gasteiger partial charge in [-0.05, 0) is 19.9 Å². The second kappa shape index (κ2) is 7.21. The Balaban J connectivity index is 1.63. The van der Waals surface area contributed by atoms with E-state index in [-0.39, 0.29) is 36.5 Å². The lowest BCUT2D eigenvalue weighted by Gasteiger charge is -2.33. The molecule has 3 atom stereocenters. The van der Waals surface area contributed by atoms with E-state index in [4.69, 9.17) is 4.74 Å². The zero-order valence-corrected chi connectivity index (χ0v) is 16.2. The van der Waals surface area contributed by atoms with Crippen LogP contribution in [0, 0.1) is 11.6 Å². The van der Waals surface area contributed by atoms with Gasteiger partial charge < -0.3 is 24.6 Å². The predicted molar refractivity (Wildman–Crippen MR) is 99.9 cm³/mol. The molecule has 0 spiro atoms. The fourth-order valence-corrected chi connectivity index (χ4v) is 3.77. The van der Waals surface area contributed by atoms with E-state index >= 15 is 0 Å². The number of hydrogen-bond donors (Lipinski definition) is 2. The van der Waals surface area contributed by atoms with E-state index in [0.29, 0.717) is 6.07 Å². The number of nitrogens with one attached hydrogen (secondary N) is 1. The number of amides is 2. The number of fused-ring (bicyclic) bond motifs is 2. The Morgan fingerprint density at radius 2 is 2.03 bits per heavy atom. The monoisotopic (exact) mass is 419 g/mol. The number of hydrogen-bond acceptors (Lipinski definition) is 5. The minimum atomic E-state index is -1.01. The number of aromatic hydroxyl groups is 1. The van der Waals surface area contributed by atoms with Crippen molar-refractivity contribution in [2.45, 2.75) is 45.3 Å². The molecule has 0 aliphatic carbocycles. The molecule has 0 radical (unpaired) electrons. The van der Waals surface area contributed by atoms with Crippen LogP contribution in [-0.4, -0.2) is 44.8 Å². The molecule has 3 heterocycles. The molecule has 1 aromatic heterocycles. The van der Waals surface area contributed by atoms with E-state index < -0.39 is 46.4 Å². The van der Waals surface area contributed by atoms with Crippen LogP contribution in [0.5, 0.6) is 5.75 Å². The summed E-state index contributed by atoms with van der Waals surface area (Å²) >= 11 is 0. The average molecular weight is 419 g/mol. The molecule has 158 valence electrons. The number of benzene rings is 1. The molecule has 4 rings (SSSR count). The fraction of sp³-hybridized carbons (Fsp3) is 0.350. The smallest absolute Gasteiger partial charge is 0.276 e. The molecular formula is C20H19F2N3O5. The van der Waals surface area contributed by atoms with Crippen molar-refractivity contribution in [3.63, 3.8) is 0 Å². The minimum absolute atomic E-state index is 0.0279. The van der Waals surface area contributed by atoms with Crippen molar-refractivity contribution in [2.24, 2.45) is 0 Å². The summed E-state index contributed by atoms with van der Waals surface area (Å²) in [6.07, 6.45) is 0.372. The maximum atomic E-state index is 13.7. The number of nitrogens with zero attached hydrogens (tertiary/aromatic N) is 2. The van der Waals surface area contributed by atoms with Crippen molar-refractivity contribution in [3.05, 3.63) is 63.1 Å². The molecule has 1 fully saturated rings. The van der Waals surface area contributed by atoms with Crippen molar-refractivity contribution in [1.82, 2.24) is 14.8 Å². The summed E-state index contributed by atoms with van der Waals surface area (Å²) in [5.74, 6) is -3.84. The number of pyridine rings is 1. The Labute approximate surface area is 169 Å². The maximum Gasteiger partial charge on any atom is 0.276 e. The van der Waals surface area contributed by atoms with Gasteiger partial charge in [0.05, 0.1) is 18.7 Å². The summed E-state index contributed by atoms with van der Waals surface area (Å²) in [6, 6.07) is 2.67. The molecule has 30 heavy (non-hydrogen) atoms. The molecule has 2 aromatic rings. The second-order valence-electron chi connectivity index (χ2n) is 7.39. The van der Waals surface area contributed by atoms with E-state index in [0.717, 1.165) is 6.07 Å². The van der Waals surface area contributed by atoms with Crippen LogP contribution in [0.25, 0.3) is 0 Å². The number of carbonyl (C=O) groups excluding carboxylic acids is 2. The molecule has 2 aliphatic heterocycles. The quantitative estimate of drug-likeness (QED) is 0.782. The van der Waals surface area contributed by atoms with Gasteiger partial charge >= 0.3 is 0 Å². The largest absolute Gasteiger partial charge is 0.503 e. The molecule has 10 heteroatoms. The highest BCUT2D eigenvalue weighted by atomic mass is 19.1. The SMILES string of the molecule is CC1O[C@@H]2Cn3cc(C(=O)NCc4ccc(F)cc4F)c(=O)c(O)c3C(=O)N2[C@H]1C. The first kappa shape index (κ1) is 20.0. The third-order valence-corrected chi connectivity index (χ3v) is 5.55. The molecule has 1 aromatic carbocycles. The van der Waals surface area contributed by atoms with Crippen molar-refractivity contribution in [2.75, 3.05) is 0 Å². The normalized spacial score (nSPS) is 22.6. The summed E-state index contributed by atoms with van der Waals surface area (Å²) in [5.41, 5.74) is -1.59. The Bertz CT molecular complexity index is 1120. The number of ether oxygens (including phenoxy) is 1. The molecule has 2 amide bonds. The van der Waals surface area contributed by atoms with Crippen molar-refractivity contribution < 1.29 is 28.2 Å². The van der Waals surface area contributed by atoms with E-state index in [1.165, 1.54) is 21.7 Å². The number of carbonyl (C=O) groups is 2.